The van der Waals surface area contributed by atoms with Crippen LogP contribution in [0.4, 0.5) is 0 Å². The Morgan fingerprint density at radius 1 is 0.298 bits per heavy atom. The maximum Gasteiger partial charge on any atom is 0.263 e. The number of hydrogen-bond acceptors (Lipinski definition) is 1. The van der Waals surface area contributed by atoms with Crippen LogP contribution in [-0.4, -0.2) is 4.57 Å². The van der Waals surface area contributed by atoms with E-state index < -0.39 is 0 Å². The fraction of sp³-hybridized carbons (Fsp3) is 0. The molecule has 1 heterocycles. The summed E-state index contributed by atoms with van der Waals surface area (Å²) >= 11 is 0. The van der Waals surface area contributed by atoms with Gasteiger partial charge in [0.15, 0.2) is 0 Å². The van der Waals surface area contributed by atoms with E-state index >= 15 is 0 Å². The van der Waals surface area contributed by atoms with Crippen LogP contribution in [0.25, 0.3) is 82.3 Å². The van der Waals surface area contributed by atoms with E-state index in [0.717, 1.165) is 32.9 Å². The van der Waals surface area contributed by atoms with Crippen molar-refractivity contribution in [2.45, 2.75) is 0 Å². The van der Waals surface area contributed by atoms with Crippen molar-refractivity contribution >= 4 is 43.2 Å². The lowest BCUT2D eigenvalue weighted by molar-refractivity contribution is 1.06. The van der Waals surface area contributed by atoms with Gasteiger partial charge >= 0.3 is 0 Å². The highest BCUT2D eigenvalue weighted by molar-refractivity contribution is 6.21. The van der Waals surface area contributed by atoms with Gasteiger partial charge in [-0.3, -0.25) is 9.36 Å². The zero-order chi connectivity index (χ0) is 31.3. The van der Waals surface area contributed by atoms with E-state index in [0.29, 0.717) is 0 Å². The highest BCUT2D eigenvalue weighted by Crippen LogP contribution is 2.44. The van der Waals surface area contributed by atoms with Crippen molar-refractivity contribution in [1.29, 1.82) is 0 Å². The van der Waals surface area contributed by atoms with E-state index in [1.54, 1.807) is 0 Å². The molecule has 0 aliphatic carbocycles. The molecule has 0 spiro atoms. The molecule has 47 heavy (non-hydrogen) atoms. The molecule has 0 unspecified atom stereocenters. The topological polar surface area (TPSA) is 22.0 Å². The van der Waals surface area contributed by atoms with E-state index in [2.05, 4.69) is 133 Å². The summed E-state index contributed by atoms with van der Waals surface area (Å²) in [6, 6.07) is 61.4. The van der Waals surface area contributed by atoms with Crippen LogP contribution in [-0.2, 0) is 0 Å². The quantitative estimate of drug-likeness (QED) is 0.146. The minimum Gasteiger partial charge on any atom is -0.276 e. The van der Waals surface area contributed by atoms with E-state index in [-0.39, 0.29) is 5.56 Å². The zero-order valence-electron chi connectivity index (χ0n) is 25.6. The van der Waals surface area contributed by atoms with Gasteiger partial charge < -0.3 is 0 Å². The molecule has 2 heteroatoms. The summed E-state index contributed by atoms with van der Waals surface area (Å²) in [5.41, 5.74) is 8.92. The van der Waals surface area contributed by atoms with Gasteiger partial charge in [0.1, 0.15) is 0 Å². The Bertz CT molecular complexity index is 2610. The lowest BCUT2D eigenvalue weighted by atomic mass is 9.85. The Labute approximate surface area is 272 Å². The molecule has 220 valence electrons. The summed E-state index contributed by atoms with van der Waals surface area (Å²) in [5, 5.41) is 7.61. The summed E-state index contributed by atoms with van der Waals surface area (Å²) < 4.78 is 1.85. The smallest absolute Gasteiger partial charge is 0.263 e. The number of aromatic nitrogens is 1. The molecule has 0 fully saturated rings. The largest absolute Gasteiger partial charge is 0.276 e. The van der Waals surface area contributed by atoms with Crippen LogP contribution in [0, 0.1) is 0 Å². The Hall–Kier alpha value is -6.25. The molecule has 0 aliphatic rings. The van der Waals surface area contributed by atoms with E-state index in [4.69, 9.17) is 0 Å². The molecule has 2 nitrogen and oxygen atoms in total. The minimum atomic E-state index is -0.00872. The molecular weight excluding hydrogens is 571 g/mol. The second-order valence-electron chi connectivity index (χ2n) is 12.0. The Balaban J connectivity index is 1.23. The maximum absolute atomic E-state index is 13.9. The van der Waals surface area contributed by atoms with Gasteiger partial charge in [-0.2, -0.15) is 0 Å². The monoisotopic (exact) mass is 599 g/mol. The fourth-order valence-corrected chi connectivity index (χ4v) is 7.27. The van der Waals surface area contributed by atoms with Crippen LogP contribution in [0.2, 0.25) is 0 Å². The maximum atomic E-state index is 13.9. The van der Waals surface area contributed by atoms with E-state index in [1.807, 2.05) is 47.0 Å². The second kappa shape index (κ2) is 11.0. The van der Waals surface area contributed by atoms with Gasteiger partial charge in [0, 0.05) is 16.5 Å². The van der Waals surface area contributed by atoms with Gasteiger partial charge in [-0.05, 0) is 84.6 Å². The van der Waals surface area contributed by atoms with Gasteiger partial charge in [0.25, 0.3) is 5.56 Å². The summed E-state index contributed by atoms with van der Waals surface area (Å²) in [4.78, 5) is 13.9. The summed E-state index contributed by atoms with van der Waals surface area (Å²) in [6.07, 6.45) is 0. The van der Waals surface area contributed by atoms with Gasteiger partial charge in [0.05, 0.1) is 5.52 Å². The number of benzene rings is 8. The fourth-order valence-electron chi connectivity index (χ4n) is 7.27. The van der Waals surface area contributed by atoms with Crippen molar-refractivity contribution in [2.24, 2.45) is 0 Å². The van der Waals surface area contributed by atoms with Gasteiger partial charge in [-0.25, -0.2) is 0 Å². The first-order valence-electron chi connectivity index (χ1n) is 16.0. The van der Waals surface area contributed by atoms with E-state index in [9.17, 15) is 4.79 Å². The molecule has 0 atom stereocenters. The summed E-state index contributed by atoms with van der Waals surface area (Å²) in [7, 11) is 0. The third-order valence-corrected chi connectivity index (χ3v) is 9.42. The summed E-state index contributed by atoms with van der Waals surface area (Å²) in [6.45, 7) is 0. The predicted octanol–water partition coefficient (Wildman–Crippen LogP) is 11.5. The van der Waals surface area contributed by atoms with Crippen molar-refractivity contribution in [3.8, 4) is 39.1 Å². The van der Waals surface area contributed by atoms with Crippen molar-refractivity contribution in [2.75, 3.05) is 0 Å². The highest BCUT2D eigenvalue weighted by Gasteiger charge is 2.17. The third kappa shape index (κ3) is 4.38. The molecular formula is C45H29NO. The first-order chi connectivity index (χ1) is 23.3. The van der Waals surface area contributed by atoms with Crippen LogP contribution in [0.15, 0.2) is 181 Å². The number of para-hydroxylation sites is 1. The normalized spacial score (nSPS) is 11.5. The second-order valence-corrected chi connectivity index (χ2v) is 12.0. The number of pyridine rings is 1. The molecule has 0 saturated heterocycles. The molecule has 8 aromatic carbocycles. The molecule has 0 saturated carbocycles. The first-order valence-corrected chi connectivity index (χ1v) is 16.0. The Kier molecular flexibility index (Phi) is 6.33. The summed E-state index contributed by atoms with van der Waals surface area (Å²) in [5.74, 6) is 0. The SMILES string of the molecule is O=c1c2ccccc2c2ccccc2n1-c1ccc(-c2c3ccccc3c(-c3ccc(-c4ccccc4)cc3)c3ccccc23)cc1. The Morgan fingerprint density at radius 2 is 0.681 bits per heavy atom. The van der Waals surface area contributed by atoms with Crippen LogP contribution >= 0.6 is 0 Å². The lowest BCUT2D eigenvalue weighted by Gasteiger charge is -2.18. The van der Waals surface area contributed by atoms with E-state index in [1.165, 1.54) is 49.4 Å². The Morgan fingerprint density at radius 3 is 1.23 bits per heavy atom. The predicted molar refractivity (Wildman–Crippen MR) is 198 cm³/mol. The lowest BCUT2D eigenvalue weighted by Crippen LogP contribution is -2.19. The molecule has 0 aliphatic heterocycles. The van der Waals surface area contributed by atoms with Gasteiger partial charge in [-0.15, -0.1) is 0 Å². The average molecular weight is 600 g/mol. The molecule has 9 aromatic rings. The molecule has 0 amide bonds. The van der Waals surface area contributed by atoms with Crippen molar-refractivity contribution in [3.63, 3.8) is 0 Å². The first kappa shape index (κ1) is 27.1. The van der Waals surface area contributed by atoms with Gasteiger partial charge in [-0.1, -0.05) is 152 Å². The minimum absolute atomic E-state index is 0.00872. The number of fused-ring (bicyclic) bond motifs is 5. The van der Waals surface area contributed by atoms with Crippen LogP contribution in [0.5, 0.6) is 0 Å². The molecule has 1 aromatic heterocycles. The van der Waals surface area contributed by atoms with Gasteiger partial charge in [0.2, 0.25) is 0 Å². The third-order valence-electron chi connectivity index (χ3n) is 9.42. The zero-order valence-corrected chi connectivity index (χ0v) is 25.6. The molecule has 0 radical (unpaired) electrons. The van der Waals surface area contributed by atoms with Crippen LogP contribution in [0.3, 0.4) is 0 Å². The molecule has 0 bridgehead atoms. The average Bonchev–Trinajstić information content (AvgIpc) is 3.15. The molecule has 0 N–H and O–H groups in total. The van der Waals surface area contributed by atoms with Crippen LogP contribution in [0.1, 0.15) is 0 Å². The highest BCUT2D eigenvalue weighted by atomic mass is 16.1. The standard InChI is InChI=1S/C45H29NO/c47-45-41-20-9-4-14-35(41)36-15-10-11-21-42(36)46(45)34-28-26-33(27-29-34)44-39-18-7-5-16-37(39)43(38-17-6-8-19-40(38)44)32-24-22-31(23-25-32)30-12-2-1-3-13-30/h1-29H. The van der Waals surface area contributed by atoms with Crippen LogP contribution < -0.4 is 5.56 Å². The van der Waals surface area contributed by atoms with Crippen molar-refractivity contribution in [1.82, 2.24) is 4.57 Å². The number of hydrogen-bond donors (Lipinski definition) is 0. The molecule has 9 rings (SSSR count). The van der Waals surface area contributed by atoms with Crippen molar-refractivity contribution < 1.29 is 0 Å². The number of rotatable bonds is 4. The van der Waals surface area contributed by atoms with Crippen molar-refractivity contribution in [3.05, 3.63) is 186 Å². The number of nitrogens with zero attached hydrogens (tertiary/aromatic N) is 1.